The van der Waals surface area contributed by atoms with Gasteiger partial charge in [-0.05, 0) is 25.0 Å². The molecule has 0 bridgehead atoms. The Morgan fingerprint density at radius 2 is 2.14 bits per heavy atom. The van der Waals surface area contributed by atoms with E-state index in [9.17, 15) is 9.59 Å². The van der Waals surface area contributed by atoms with Crippen molar-refractivity contribution in [1.82, 2.24) is 9.78 Å². The summed E-state index contributed by atoms with van der Waals surface area (Å²) >= 11 is 0. The van der Waals surface area contributed by atoms with E-state index in [1.54, 1.807) is 11.1 Å². The number of nitrogens with zero attached hydrogens (tertiary/aromatic N) is 3. The second-order valence-electron chi connectivity index (χ2n) is 5.49. The van der Waals surface area contributed by atoms with Gasteiger partial charge in [0.15, 0.2) is 0 Å². The van der Waals surface area contributed by atoms with Gasteiger partial charge in [-0.3, -0.25) is 14.3 Å². The number of carboxylic acids is 1. The first-order valence-electron chi connectivity index (χ1n) is 7.22. The lowest BCUT2D eigenvalue weighted by atomic mass is 10.1. The molecule has 1 amide bonds. The highest BCUT2D eigenvalue weighted by Gasteiger charge is 2.31. The quantitative estimate of drug-likeness (QED) is 0.936. The van der Waals surface area contributed by atoms with Crippen LogP contribution in [0.3, 0.4) is 0 Å². The number of carbonyl (C=O) groups excluding carboxylic acids is 1. The van der Waals surface area contributed by atoms with Crippen LogP contribution in [0.1, 0.15) is 29.3 Å². The molecule has 1 aromatic carbocycles. The van der Waals surface area contributed by atoms with Crippen LogP contribution < -0.4 is 4.90 Å². The maximum atomic E-state index is 12.7. The molecule has 114 valence electrons. The molecule has 1 N–H and O–H groups in total. The molecule has 0 radical (unpaired) electrons. The predicted octanol–water partition coefficient (Wildman–Crippen LogP) is 1.95. The molecule has 1 aliphatic heterocycles. The number of rotatable bonds is 4. The number of hydrogen-bond donors (Lipinski definition) is 1. The Kier molecular flexibility index (Phi) is 3.66. The number of aryl methyl sites for hydroxylation is 1. The Morgan fingerprint density at radius 1 is 1.36 bits per heavy atom. The molecular weight excluding hydrogens is 282 g/mol. The van der Waals surface area contributed by atoms with Gasteiger partial charge < -0.3 is 10.0 Å². The van der Waals surface area contributed by atoms with Gasteiger partial charge in [-0.2, -0.15) is 5.10 Å². The first-order chi connectivity index (χ1) is 10.6. The van der Waals surface area contributed by atoms with Gasteiger partial charge >= 0.3 is 5.97 Å². The van der Waals surface area contributed by atoms with Gasteiger partial charge in [0.05, 0.1) is 24.7 Å². The average molecular weight is 299 g/mol. The zero-order valence-corrected chi connectivity index (χ0v) is 12.3. The molecule has 3 rings (SSSR count). The molecular formula is C16H17N3O3. The van der Waals surface area contributed by atoms with Gasteiger partial charge in [0.2, 0.25) is 0 Å². The van der Waals surface area contributed by atoms with Gasteiger partial charge in [0, 0.05) is 17.9 Å². The van der Waals surface area contributed by atoms with E-state index in [4.69, 9.17) is 5.11 Å². The van der Waals surface area contributed by atoms with Crippen LogP contribution >= 0.6 is 0 Å². The van der Waals surface area contributed by atoms with Crippen molar-refractivity contribution < 1.29 is 14.7 Å². The molecule has 0 aliphatic carbocycles. The lowest BCUT2D eigenvalue weighted by Gasteiger charge is -2.21. The summed E-state index contributed by atoms with van der Waals surface area (Å²) in [5.41, 5.74) is 2.59. The molecule has 0 fully saturated rings. The Morgan fingerprint density at radius 3 is 2.91 bits per heavy atom. The molecule has 2 aromatic rings. The van der Waals surface area contributed by atoms with E-state index < -0.39 is 5.97 Å². The Bertz CT molecular complexity index is 723. The third-order valence-corrected chi connectivity index (χ3v) is 3.86. The van der Waals surface area contributed by atoms with E-state index in [1.807, 2.05) is 31.2 Å². The average Bonchev–Trinajstić information content (AvgIpc) is 3.07. The molecule has 22 heavy (non-hydrogen) atoms. The molecule has 1 aromatic heterocycles. The van der Waals surface area contributed by atoms with Gasteiger partial charge in [-0.25, -0.2) is 0 Å². The summed E-state index contributed by atoms with van der Waals surface area (Å²) in [5, 5.41) is 12.8. The highest BCUT2D eigenvalue weighted by molar-refractivity contribution is 6.07. The number of para-hydroxylation sites is 1. The van der Waals surface area contributed by atoms with Crippen LogP contribution in [-0.2, 0) is 17.8 Å². The third-order valence-electron chi connectivity index (χ3n) is 3.86. The molecule has 0 saturated heterocycles. The number of carbonyl (C=O) groups is 2. The SMILES string of the molecule is CC1Cc2ccccc2N1C(=O)c1cnn(CCC(=O)O)c1. The molecule has 0 spiro atoms. The molecule has 1 aliphatic rings. The van der Waals surface area contributed by atoms with Crippen LogP contribution in [0.5, 0.6) is 0 Å². The highest BCUT2D eigenvalue weighted by Crippen LogP contribution is 2.32. The molecule has 6 heteroatoms. The summed E-state index contributed by atoms with van der Waals surface area (Å²) in [4.78, 5) is 25.1. The van der Waals surface area contributed by atoms with Gasteiger partial charge in [-0.15, -0.1) is 0 Å². The van der Waals surface area contributed by atoms with Crippen molar-refractivity contribution in [3.05, 3.63) is 47.8 Å². The van der Waals surface area contributed by atoms with E-state index in [0.717, 1.165) is 12.1 Å². The fourth-order valence-electron chi connectivity index (χ4n) is 2.82. The Balaban J connectivity index is 1.81. The minimum Gasteiger partial charge on any atom is -0.481 e. The second kappa shape index (κ2) is 5.63. The van der Waals surface area contributed by atoms with Crippen LogP contribution in [0.4, 0.5) is 5.69 Å². The van der Waals surface area contributed by atoms with Crippen molar-refractivity contribution in [3.8, 4) is 0 Å². The maximum Gasteiger partial charge on any atom is 0.305 e. The number of aliphatic carboxylic acids is 1. The summed E-state index contributed by atoms with van der Waals surface area (Å²) in [6.45, 7) is 2.28. The standard InChI is InChI=1S/C16H17N3O3/c1-11-8-12-4-2-3-5-14(12)19(11)16(22)13-9-17-18(10-13)7-6-15(20)21/h2-5,9-11H,6-8H2,1H3,(H,20,21). The zero-order valence-electron chi connectivity index (χ0n) is 12.3. The Hall–Kier alpha value is -2.63. The molecule has 1 atom stereocenters. The summed E-state index contributed by atoms with van der Waals surface area (Å²) < 4.78 is 1.49. The van der Waals surface area contributed by atoms with E-state index in [2.05, 4.69) is 5.10 Å². The van der Waals surface area contributed by atoms with Crippen LogP contribution in [0, 0.1) is 0 Å². The summed E-state index contributed by atoms with van der Waals surface area (Å²) in [6, 6.07) is 7.99. The highest BCUT2D eigenvalue weighted by atomic mass is 16.4. The van der Waals surface area contributed by atoms with E-state index >= 15 is 0 Å². The number of anilines is 1. The van der Waals surface area contributed by atoms with Crippen molar-refractivity contribution in [1.29, 1.82) is 0 Å². The molecule has 6 nitrogen and oxygen atoms in total. The summed E-state index contributed by atoms with van der Waals surface area (Å²) in [5.74, 6) is -0.982. The van der Waals surface area contributed by atoms with Crippen molar-refractivity contribution in [2.24, 2.45) is 0 Å². The number of amides is 1. The second-order valence-corrected chi connectivity index (χ2v) is 5.49. The normalized spacial score (nSPS) is 16.6. The Labute approximate surface area is 128 Å². The fraction of sp³-hybridized carbons (Fsp3) is 0.312. The number of aromatic nitrogens is 2. The zero-order chi connectivity index (χ0) is 15.7. The largest absolute Gasteiger partial charge is 0.481 e. The van der Waals surface area contributed by atoms with Gasteiger partial charge in [0.1, 0.15) is 0 Å². The van der Waals surface area contributed by atoms with E-state index in [-0.39, 0.29) is 24.9 Å². The topological polar surface area (TPSA) is 75.4 Å². The maximum absolute atomic E-state index is 12.7. The van der Waals surface area contributed by atoms with Crippen LogP contribution in [-0.4, -0.2) is 32.8 Å². The molecule has 1 unspecified atom stereocenters. The minimum atomic E-state index is -0.884. The lowest BCUT2D eigenvalue weighted by Crippen LogP contribution is -2.35. The van der Waals surface area contributed by atoms with Gasteiger partial charge in [-0.1, -0.05) is 18.2 Å². The predicted molar refractivity (Wildman–Crippen MR) is 80.9 cm³/mol. The monoisotopic (exact) mass is 299 g/mol. The van der Waals surface area contributed by atoms with E-state index in [0.29, 0.717) is 5.56 Å². The fourth-order valence-corrected chi connectivity index (χ4v) is 2.82. The first kappa shape index (κ1) is 14.3. The molecule has 0 saturated carbocycles. The first-order valence-corrected chi connectivity index (χ1v) is 7.22. The third kappa shape index (κ3) is 2.59. The number of fused-ring (bicyclic) bond motifs is 1. The van der Waals surface area contributed by atoms with Crippen molar-refractivity contribution >= 4 is 17.6 Å². The van der Waals surface area contributed by atoms with Crippen LogP contribution in [0.25, 0.3) is 0 Å². The summed E-state index contributed by atoms with van der Waals surface area (Å²) in [6.07, 6.45) is 3.93. The van der Waals surface area contributed by atoms with Gasteiger partial charge in [0.25, 0.3) is 5.91 Å². The van der Waals surface area contributed by atoms with Crippen LogP contribution in [0.15, 0.2) is 36.7 Å². The van der Waals surface area contributed by atoms with Crippen molar-refractivity contribution in [2.75, 3.05) is 4.90 Å². The minimum absolute atomic E-state index is 0.0156. The number of hydrogen-bond acceptors (Lipinski definition) is 3. The van der Waals surface area contributed by atoms with Crippen molar-refractivity contribution in [2.45, 2.75) is 32.4 Å². The van der Waals surface area contributed by atoms with Crippen LogP contribution in [0.2, 0.25) is 0 Å². The van der Waals surface area contributed by atoms with E-state index in [1.165, 1.54) is 16.4 Å². The lowest BCUT2D eigenvalue weighted by molar-refractivity contribution is -0.137. The number of benzene rings is 1. The summed E-state index contributed by atoms with van der Waals surface area (Å²) in [7, 11) is 0. The van der Waals surface area contributed by atoms with Crippen molar-refractivity contribution in [3.63, 3.8) is 0 Å². The molecule has 2 heterocycles. The number of carboxylic acid groups (broad SMARTS) is 1. The smallest absolute Gasteiger partial charge is 0.305 e.